The highest BCUT2D eigenvalue weighted by Crippen LogP contribution is 2.12. The van der Waals surface area contributed by atoms with Crippen molar-refractivity contribution >= 4 is 29.6 Å². The monoisotopic (exact) mass is 444 g/mol. The zero-order valence-electron chi connectivity index (χ0n) is 18.0. The minimum Gasteiger partial charge on any atom is -0.484 e. The third-order valence-electron chi connectivity index (χ3n) is 4.54. The lowest BCUT2D eigenvalue weighted by atomic mass is 10.1. The molecule has 3 N–H and O–H groups in total. The number of rotatable bonds is 8. The third kappa shape index (κ3) is 7.62. The second-order valence-corrected chi connectivity index (χ2v) is 7.08. The van der Waals surface area contributed by atoms with E-state index in [9.17, 15) is 14.4 Å². The number of hydrogen-bond donors (Lipinski definition) is 3. The van der Waals surface area contributed by atoms with Crippen LogP contribution in [0.4, 0.5) is 5.69 Å². The number of ether oxygens (including phenoxy) is 1. The van der Waals surface area contributed by atoms with Crippen LogP contribution < -0.4 is 20.8 Å². The van der Waals surface area contributed by atoms with E-state index in [1.54, 1.807) is 43.3 Å². The second-order valence-electron chi connectivity index (χ2n) is 7.08. The Morgan fingerprint density at radius 3 is 2.18 bits per heavy atom. The molecule has 8 nitrogen and oxygen atoms in total. The Morgan fingerprint density at radius 2 is 1.52 bits per heavy atom. The van der Waals surface area contributed by atoms with Crippen molar-refractivity contribution in [3.63, 3.8) is 0 Å². The maximum absolute atomic E-state index is 12.0. The van der Waals surface area contributed by atoms with E-state index in [0.717, 1.165) is 5.56 Å². The molecule has 3 aromatic carbocycles. The molecule has 1 atom stereocenters. The van der Waals surface area contributed by atoms with Crippen molar-refractivity contribution in [2.24, 2.45) is 5.10 Å². The first-order chi connectivity index (χ1) is 16.0. The van der Waals surface area contributed by atoms with Crippen LogP contribution in [0.3, 0.4) is 0 Å². The summed E-state index contributed by atoms with van der Waals surface area (Å²) in [4.78, 5) is 35.9. The topological polar surface area (TPSA) is 109 Å². The molecule has 3 aromatic rings. The first kappa shape index (κ1) is 23.2. The Kier molecular flexibility index (Phi) is 8.30. The highest BCUT2D eigenvalue weighted by Gasteiger charge is 2.16. The Balaban J connectivity index is 1.41. The summed E-state index contributed by atoms with van der Waals surface area (Å²) >= 11 is 0. The quantitative estimate of drug-likeness (QED) is 0.282. The van der Waals surface area contributed by atoms with Gasteiger partial charge in [-0.3, -0.25) is 14.4 Å². The molecule has 8 heteroatoms. The number of hydrazone groups is 1. The second kappa shape index (κ2) is 11.8. The van der Waals surface area contributed by atoms with Crippen LogP contribution in [-0.4, -0.2) is 30.5 Å². The van der Waals surface area contributed by atoms with Gasteiger partial charge in [-0.1, -0.05) is 48.5 Å². The molecule has 0 heterocycles. The molecule has 0 radical (unpaired) electrons. The first-order valence-corrected chi connectivity index (χ1v) is 10.3. The lowest BCUT2D eigenvalue weighted by Crippen LogP contribution is -2.39. The third-order valence-corrected chi connectivity index (χ3v) is 4.54. The Morgan fingerprint density at radius 1 is 0.879 bits per heavy atom. The fourth-order valence-electron chi connectivity index (χ4n) is 2.82. The zero-order chi connectivity index (χ0) is 23.5. The highest BCUT2D eigenvalue weighted by atomic mass is 16.5. The average Bonchev–Trinajstić information content (AvgIpc) is 2.84. The van der Waals surface area contributed by atoms with Gasteiger partial charge in [0.05, 0.1) is 12.3 Å². The lowest BCUT2D eigenvalue weighted by molar-refractivity contribution is -0.139. The van der Waals surface area contributed by atoms with Crippen molar-refractivity contribution in [3.05, 3.63) is 96.1 Å². The van der Waals surface area contributed by atoms with Crippen LogP contribution in [0, 0.1) is 0 Å². The fourth-order valence-corrected chi connectivity index (χ4v) is 2.82. The standard InChI is InChI=1S/C25H24N4O4/c1-18(20-8-4-2-5-9-20)27-24(31)25(32)29-26-16-19-12-14-22(15-13-19)33-17-23(30)28-21-10-6-3-7-11-21/h2-16,18H,17H2,1H3,(H,27,31)(H,28,30)(H,29,32)/b26-16-/t18-/m0/s1. The summed E-state index contributed by atoms with van der Waals surface area (Å²) in [6.07, 6.45) is 1.40. The summed E-state index contributed by atoms with van der Waals surface area (Å²) < 4.78 is 5.46. The number of nitrogens with one attached hydrogen (secondary N) is 3. The van der Waals surface area contributed by atoms with Gasteiger partial charge in [0.1, 0.15) is 5.75 Å². The predicted molar refractivity (Wildman–Crippen MR) is 126 cm³/mol. The van der Waals surface area contributed by atoms with Crippen LogP contribution >= 0.6 is 0 Å². The SMILES string of the molecule is C[C@H](NC(=O)C(=O)N/N=C\c1ccc(OCC(=O)Nc2ccccc2)cc1)c1ccccc1. The van der Waals surface area contributed by atoms with Crippen molar-refractivity contribution in [3.8, 4) is 5.75 Å². The molecule has 0 fully saturated rings. The van der Waals surface area contributed by atoms with Crippen LogP contribution in [0.5, 0.6) is 5.75 Å². The summed E-state index contributed by atoms with van der Waals surface area (Å²) in [6, 6.07) is 24.9. The number of carbonyl (C=O) groups excluding carboxylic acids is 3. The van der Waals surface area contributed by atoms with E-state index in [0.29, 0.717) is 17.0 Å². The Bertz CT molecular complexity index is 1100. The van der Waals surface area contributed by atoms with Gasteiger partial charge in [0.15, 0.2) is 6.61 Å². The summed E-state index contributed by atoms with van der Waals surface area (Å²) in [5.41, 5.74) is 4.46. The summed E-state index contributed by atoms with van der Waals surface area (Å²) in [7, 11) is 0. The van der Waals surface area contributed by atoms with Gasteiger partial charge in [-0.15, -0.1) is 0 Å². The number of benzene rings is 3. The van der Waals surface area contributed by atoms with Gasteiger partial charge in [-0.25, -0.2) is 5.43 Å². The molecule has 0 bridgehead atoms. The molecule has 0 aliphatic rings. The maximum atomic E-state index is 12.0. The van der Waals surface area contributed by atoms with Crippen molar-refractivity contribution in [1.82, 2.24) is 10.7 Å². The lowest BCUT2D eigenvalue weighted by Gasteiger charge is -2.13. The molecule has 0 saturated heterocycles. The van der Waals surface area contributed by atoms with Crippen molar-refractivity contribution in [2.45, 2.75) is 13.0 Å². The van der Waals surface area contributed by atoms with E-state index >= 15 is 0 Å². The van der Waals surface area contributed by atoms with Crippen molar-refractivity contribution in [1.29, 1.82) is 0 Å². The van der Waals surface area contributed by atoms with Crippen LogP contribution in [0.1, 0.15) is 24.1 Å². The fraction of sp³-hybridized carbons (Fsp3) is 0.120. The van der Waals surface area contributed by atoms with Crippen molar-refractivity contribution in [2.75, 3.05) is 11.9 Å². The molecule has 0 aromatic heterocycles. The van der Waals surface area contributed by atoms with Crippen LogP contribution in [0.25, 0.3) is 0 Å². The number of anilines is 1. The number of carbonyl (C=O) groups is 3. The van der Waals surface area contributed by atoms with Crippen molar-refractivity contribution < 1.29 is 19.1 Å². The largest absolute Gasteiger partial charge is 0.484 e. The normalized spacial score (nSPS) is 11.4. The van der Waals surface area contributed by atoms with Crippen LogP contribution in [0.2, 0.25) is 0 Å². The first-order valence-electron chi connectivity index (χ1n) is 10.3. The molecule has 0 aliphatic carbocycles. The van der Waals surface area contributed by atoms with E-state index in [4.69, 9.17) is 4.74 Å². The summed E-state index contributed by atoms with van der Waals surface area (Å²) in [5, 5.41) is 9.15. The highest BCUT2D eigenvalue weighted by molar-refractivity contribution is 6.35. The van der Waals surface area contributed by atoms with Gasteiger partial charge in [0, 0.05) is 5.69 Å². The number of para-hydroxylation sites is 1. The van der Waals surface area contributed by atoms with Gasteiger partial charge < -0.3 is 15.4 Å². The maximum Gasteiger partial charge on any atom is 0.329 e. The predicted octanol–water partition coefficient (Wildman–Crippen LogP) is 3.03. The molecule has 168 valence electrons. The minimum atomic E-state index is -0.863. The van der Waals surface area contributed by atoms with Gasteiger partial charge >= 0.3 is 11.8 Å². The van der Waals surface area contributed by atoms with E-state index in [1.165, 1.54) is 6.21 Å². The number of nitrogens with zero attached hydrogens (tertiary/aromatic N) is 1. The molecule has 33 heavy (non-hydrogen) atoms. The van der Waals surface area contributed by atoms with E-state index in [1.807, 2.05) is 48.5 Å². The Hall–Kier alpha value is -4.46. The molecule has 0 unspecified atom stereocenters. The molecule has 3 amide bonds. The molecule has 0 saturated carbocycles. The molecular formula is C25H24N4O4. The average molecular weight is 444 g/mol. The summed E-state index contributed by atoms with van der Waals surface area (Å²) in [6.45, 7) is 1.66. The van der Waals surface area contributed by atoms with Crippen LogP contribution in [-0.2, 0) is 14.4 Å². The molecular weight excluding hydrogens is 420 g/mol. The van der Waals surface area contributed by atoms with Gasteiger partial charge in [-0.2, -0.15) is 5.10 Å². The van der Waals surface area contributed by atoms with Gasteiger partial charge in [-0.05, 0) is 54.4 Å². The smallest absolute Gasteiger partial charge is 0.329 e. The van der Waals surface area contributed by atoms with E-state index < -0.39 is 11.8 Å². The Labute approximate surface area is 191 Å². The zero-order valence-corrected chi connectivity index (χ0v) is 18.0. The molecule has 3 rings (SSSR count). The van der Waals surface area contributed by atoms with Gasteiger partial charge in [0.25, 0.3) is 5.91 Å². The summed E-state index contributed by atoms with van der Waals surface area (Å²) in [5.74, 6) is -1.40. The van der Waals surface area contributed by atoms with Gasteiger partial charge in [0.2, 0.25) is 0 Å². The molecule has 0 spiro atoms. The molecule has 0 aliphatic heterocycles. The number of hydrogen-bond acceptors (Lipinski definition) is 5. The van der Waals surface area contributed by atoms with Crippen LogP contribution in [0.15, 0.2) is 90.0 Å². The minimum absolute atomic E-state index is 0.130. The van der Waals surface area contributed by atoms with E-state index in [-0.39, 0.29) is 18.6 Å². The number of amides is 3. The van der Waals surface area contributed by atoms with E-state index in [2.05, 4.69) is 21.2 Å².